The summed E-state index contributed by atoms with van der Waals surface area (Å²) in [6.07, 6.45) is 0.983. The van der Waals surface area contributed by atoms with Gasteiger partial charge in [0.1, 0.15) is 5.75 Å². The predicted molar refractivity (Wildman–Crippen MR) is 59.5 cm³/mol. The molecule has 1 unspecified atom stereocenters. The number of hydrogen-bond donors (Lipinski definition) is 1. The predicted octanol–water partition coefficient (Wildman–Crippen LogP) is 3.33. The van der Waals surface area contributed by atoms with Crippen LogP contribution in [-0.4, -0.2) is 6.61 Å². The molecule has 0 amide bonds. The van der Waals surface area contributed by atoms with Crippen molar-refractivity contribution in [2.45, 2.75) is 32.9 Å². The topological polar surface area (TPSA) is 35.2 Å². The van der Waals surface area contributed by atoms with Gasteiger partial charge in [-0.25, -0.2) is 0 Å². The van der Waals surface area contributed by atoms with E-state index in [4.69, 9.17) is 5.73 Å². The van der Waals surface area contributed by atoms with Gasteiger partial charge in [-0.15, -0.1) is 0 Å². The minimum atomic E-state index is -2.78. The molecule has 4 heteroatoms. The summed E-state index contributed by atoms with van der Waals surface area (Å²) in [6, 6.07) is 6.43. The van der Waals surface area contributed by atoms with Gasteiger partial charge in [0.05, 0.1) is 0 Å². The van der Waals surface area contributed by atoms with Crippen LogP contribution >= 0.6 is 0 Å². The molecular formula is C12H17F2NO. The lowest BCUT2D eigenvalue weighted by Gasteiger charge is -2.18. The Morgan fingerprint density at radius 2 is 1.81 bits per heavy atom. The van der Waals surface area contributed by atoms with Crippen LogP contribution in [0.4, 0.5) is 8.78 Å². The lowest BCUT2D eigenvalue weighted by molar-refractivity contribution is -0.0498. The molecule has 1 aromatic rings. The molecule has 0 saturated carbocycles. The van der Waals surface area contributed by atoms with Crippen LogP contribution in [0.1, 0.15) is 31.9 Å². The summed E-state index contributed by atoms with van der Waals surface area (Å²) in [7, 11) is 0. The molecule has 0 bridgehead atoms. The molecule has 0 aliphatic heterocycles. The number of halogens is 2. The smallest absolute Gasteiger partial charge is 0.387 e. The zero-order chi connectivity index (χ0) is 12.1. The Morgan fingerprint density at radius 3 is 2.25 bits per heavy atom. The fourth-order valence-corrected chi connectivity index (χ4v) is 1.45. The average Bonchev–Trinajstić information content (AvgIpc) is 2.27. The molecule has 1 aromatic carbocycles. The molecule has 16 heavy (non-hydrogen) atoms. The minimum Gasteiger partial charge on any atom is -0.435 e. The molecule has 2 nitrogen and oxygen atoms in total. The maximum Gasteiger partial charge on any atom is 0.387 e. The van der Waals surface area contributed by atoms with E-state index in [1.165, 1.54) is 12.1 Å². The molecule has 0 heterocycles. The molecule has 0 aliphatic rings. The highest BCUT2D eigenvalue weighted by Gasteiger charge is 2.13. The lowest BCUT2D eigenvalue weighted by atomic mass is 9.93. The van der Waals surface area contributed by atoms with Crippen LogP contribution in [-0.2, 0) is 0 Å². The molecule has 0 fully saturated rings. The van der Waals surface area contributed by atoms with Crippen molar-refractivity contribution in [3.8, 4) is 5.75 Å². The Labute approximate surface area is 94.4 Å². The standard InChI is InChI=1S/C12H17F2NO/c1-3-8(2)11(15)9-4-6-10(7-5-9)16-12(13)14/h4-8,11-12H,3,15H2,1-2H3/t8?,11-/m1/s1. The van der Waals surface area contributed by atoms with Gasteiger partial charge < -0.3 is 10.5 Å². The number of nitrogens with two attached hydrogens (primary N) is 1. The van der Waals surface area contributed by atoms with Gasteiger partial charge in [0.2, 0.25) is 0 Å². The normalized spacial score (nSPS) is 14.9. The number of benzene rings is 1. The first-order valence-corrected chi connectivity index (χ1v) is 5.35. The molecule has 2 N–H and O–H groups in total. The Bertz CT molecular complexity index is 313. The molecule has 0 aromatic heterocycles. The Kier molecular flexibility index (Phi) is 4.68. The third kappa shape index (κ3) is 3.45. The fraction of sp³-hybridized carbons (Fsp3) is 0.500. The molecular weight excluding hydrogens is 212 g/mol. The number of rotatable bonds is 5. The minimum absolute atomic E-state index is 0.0643. The van der Waals surface area contributed by atoms with Gasteiger partial charge in [-0.05, 0) is 23.6 Å². The van der Waals surface area contributed by atoms with Gasteiger partial charge in [0, 0.05) is 6.04 Å². The summed E-state index contributed by atoms with van der Waals surface area (Å²) in [4.78, 5) is 0. The van der Waals surface area contributed by atoms with Crippen LogP contribution in [0.25, 0.3) is 0 Å². The Balaban J connectivity index is 2.70. The van der Waals surface area contributed by atoms with E-state index in [2.05, 4.69) is 18.6 Å². The van der Waals surface area contributed by atoms with Gasteiger partial charge >= 0.3 is 6.61 Å². The molecule has 90 valence electrons. The SMILES string of the molecule is CCC(C)[C@@H](N)c1ccc(OC(F)F)cc1. The van der Waals surface area contributed by atoms with E-state index in [1.54, 1.807) is 12.1 Å². The van der Waals surface area contributed by atoms with Crippen molar-refractivity contribution in [1.82, 2.24) is 0 Å². The summed E-state index contributed by atoms with van der Waals surface area (Å²) in [5.41, 5.74) is 6.95. The summed E-state index contributed by atoms with van der Waals surface area (Å²) < 4.78 is 28.1. The highest BCUT2D eigenvalue weighted by molar-refractivity contribution is 5.29. The van der Waals surface area contributed by atoms with Gasteiger partial charge in [-0.1, -0.05) is 32.4 Å². The summed E-state index contributed by atoms with van der Waals surface area (Å²) in [6.45, 7) is 1.35. The van der Waals surface area contributed by atoms with E-state index in [9.17, 15) is 8.78 Å². The van der Waals surface area contributed by atoms with Crippen molar-refractivity contribution in [1.29, 1.82) is 0 Å². The van der Waals surface area contributed by atoms with E-state index in [0.29, 0.717) is 5.92 Å². The second kappa shape index (κ2) is 5.80. The molecule has 0 saturated heterocycles. The van der Waals surface area contributed by atoms with E-state index >= 15 is 0 Å². The van der Waals surface area contributed by atoms with E-state index < -0.39 is 6.61 Å². The number of alkyl halides is 2. The van der Waals surface area contributed by atoms with Crippen LogP contribution in [0.2, 0.25) is 0 Å². The lowest BCUT2D eigenvalue weighted by Crippen LogP contribution is -2.18. The maximum absolute atomic E-state index is 11.9. The monoisotopic (exact) mass is 229 g/mol. The zero-order valence-corrected chi connectivity index (χ0v) is 9.49. The van der Waals surface area contributed by atoms with Gasteiger partial charge in [-0.3, -0.25) is 0 Å². The van der Waals surface area contributed by atoms with Crippen molar-refractivity contribution < 1.29 is 13.5 Å². The van der Waals surface area contributed by atoms with Crippen molar-refractivity contribution in [2.75, 3.05) is 0 Å². The highest BCUT2D eigenvalue weighted by atomic mass is 19.3. The Morgan fingerprint density at radius 1 is 1.25 bits per heavy atom. The molecule has 2 atom stereocenters. The summed E-state index contributed by atoms with van der Waals surface area (Å²) in [5.74, 6) is 0.525. The molecule has 0 radical (unpaired) electrons. The third-order valence-corrected chi connectivity index (χ3v) is 2.75. The van der Waals surface area contributed by atoms with E-state index in [-0.39, 0.29) is 11.8 Å². The van der Waals surface area contributed by atoms with Crippen molar-refractivity contribution in [2.24, 2.45) is 11.7 Å². The van der Waals surface area contributed by atoms with Crippen LogP contribution in [0.15, 0.2) is 24.3 Å². The van der Waals surface area contributed by atoms with Crippen LogP contribution in [0.5, 0.6) is 5.75 Å². The van der Waals surface area contributed by atoms with E-state index in [0.717, 1.165) is 12.0 Å². The van der Waals surface area contributed by atoms with Crippen molar-refractivity contribution in [3.63, 3.8) is 0 Å². The van der Waals surface area contributed by atoms with Crippen LogP contribution < -0.4 is 10.5 Å². The first kappa shape index (κ1) is 12.9. The third-order valence-electron chi connectivity index (χ3n) is 2.75. The molecule has 0 spiro atoms. The van der Waals surface area contributed by atoms with Crippen molar-refractivity contribution in [3.05, 3.63) is 29.8 Å². The quantitative estimate of drug-likeness (QED) is 0.840. The van der Waals surface area contributed by atoms with Gasteiger partial charge in [-0.2, -0.15) is 8.78 Å². The van der Waals surface area contributed by atoms with Crippen LogP contribution in [0.3, 0.4) is 0 Å². The first-order chi connectivity index (χ1) is 7.54. The summed E-state index contributed by atoms with van der Waals surface area (Å²) >= 11 is 0. The van der Waals surface area contributed by atoms with Gasteiger partial charge in [0.15, 0.2) is 0 Å². The number of hydrogen-bond acceptors (Lipinski definition) is 2. The fourth-order valence-electron chi connectivity index (χ4n) is 1.45. The van der Waals surface area contributed by atoms with E-state index in [1.807, 2.05) is 0 Å². The second-order valence-electron chi connectivity index (χ2n) is 3.86. The zero-order valence-electron chi connectivity index (χ0n) is 9.49. The summed E-state index contributed by atoms with van der Waals surface area (Å²) in [5, 5.41) is 0. The van der Waals surface area contributed by atoms with Crippen molar-refractivity contribution >= 4 is 0 Å². The average molecular weight is 229 g/mol. The first-order valence-electron chi connectivity index (χ1n) is 5.35. The molecule has 0 aliphatic carbocycles. The second-order valence-corrected chi connectivity index (χ2v) is 3.86. The van der Waals surface area contributed by atoms with Gasteiger partial charge in [0.25, 0.3) is 0 Å². The number of ether oxygens (including phenoxy) is 1. The maximum atomic E-state index is 11.9. The largest absolute Gasteiger partial charge is 0.435 e. The van der Waals surface area contributed by atoms with Crippen LogP contribution in [0, 0.1) is 5.92 Å². The Hall–Kier alpha value is -1.16. The molecule has 1 rings (SSSR count). The highest BCUT2D eigenvalue weighted by Crippen LogP contribution is 2.24.